The van der Waals surface area contributed by atoms with Crippen LogP contribution in [-0.4, -0.2) is 73.7 Å². The van der Waals surface area contributed by atoms with Gasteiger partial charge in [-0.2, -0.15) is 9.40 Å². The molecule has 10 heteroatoms. The zero-order chi connectivity index (χ0) is 22.8. The van der Waals surface area contributed by atoms with Crippen molar-refractivity contribution in [2.45, 2.75) is 38.6 Å². The van der Waals surface area contributed by atoms with Crippen molar-refractivity contribution in [3.63, 3.8) is 0 Å². The van der Waals surface area contributed by atoms with Crippen LogP contribution in [0.15, 0.2) is 23.1 Å². The van der Waals surface area contributed by atoms with Crippen molar-refractivity contribution in [3.8, 4) is 11.5 Å². The van der Waals surface area contributed by atoms with Crippen molar-refractivity contribution >= 4 is 15.9 Å². The van der Waals surface area contributed by atoms with Gasteiger partial charge in [0.15, 0.2) is 11.5 Å². The Morgan fingerprint density at radius 3 is 2.26 bits per heavy atom. The number of hydrogen-bond acceptors (Lipinski definition) is 6. The normalized spacial score (nSPS) is 15.2. The molecule has 0 bridgehead atoms. The topological polar surface area (TPSA) is 94.0 Å². The molecular weight excluding hydrogens is 420 g/mol. The molecule has 1 fully saturated rings. The summed E-state index contributed by atoms with van der Waals surface area (Å²) in [4.78, 5) is 14.8. The molecule has 1 aromatic carbocycles. The number of nitrogens with zero attached hydrogens (tertiary/aromatic N) is 4. The van der Waals surface area contributed by atoms with Crippen LogP contribution in [0.25, 0.3) is 0 Å². The van der Waals surface area contributed by atoms with Crippen molar-refractivity contribution < 1.29 is 22.7 Å². The van der Waals surface area contributed by atoms with Gasteiger partial charge in [0.2, 0.25) is 15.9 Å². The average molecular weight is 451 g/mol. The third-order valence-electron chi connectivity index (χ3n) is 5.61. The first kappa shape index (κ1) is 23.1. The van der Waals surface area contributed by atoms with Gasteiger partial charge >= 0.3 is 0 Å². The van der Waals surface area contributed by atoms with Crippen LogP contribution in [-0.2, 0) is 27.8 Å². The lowest BCUT2D eigenvalue weighted by atomic mass is 10.1. The lowest BCUT2D eigenvalue weighted by Crippen LogP contribution is -2.51. The summed E-state index contributed by atoms with van der Waals surface area (Å²) < 4.78 is 40.1. The van der Waals surface area contributed by atoms with Gasteiger partial charge in [0.1, 0.15) is 4.90 Å². The number of piperazine rings is 1. The van der Waals surface area contributed by atoms with Gasteiger partial charge in [-0.15, -0.1) is 0 Å². The summed E-state index contributed by atoms with van der Waals surface area (Å²) in [6.07, 6.45) is 0.217. The summed E-state index contributed by atoms with van der Waals surface area (Å²) >= 11 is 0. The van der Waals surface area contributed by atoms with E-state index in [1.807, 2.05) is 13.0 Å². The van der Waals surface area contributed by atoms with Gasteiger partial charge in [-0.3, -0.25) is 9.48 Å². The number of sulfonamides is 1. The van der Waals surface area contributed by atoms with Crippen LogP contribution in [0.4, 0.5) is 0 Å². The van der Waals surface area contributed by atoms with Crippen LogP contribution in [0, 0.1) is 13.8 Å². The molecule has 0 aliphatic carbocycles. The molecule has 9 nitrogen and oxygen atoms in total. The second-order valence-corrected chi connectivity index (χ2v) is 9.34. The molecule has 2 heterocycles. The van der Waals surface area contributed by atoms with Crippen LogP contribution >= 0.6 is 0 Å². The number of benzene rings is 1. The highest BCUT2D eigenvalue weighted by molar-refractivity contribution is 7.89. The fraction of sp³-hybridized carbons (Fsp3) is 0.524. The van der Waals surface area contributed by atoms with E-state index in [1.165, 1.54) is 4.31 Å². The zero-order valence-electron chi connectivity index (χ0n) is 18.7. The predicted molar refractivity (Wildman–Crippen MR) is 116 cm³/mol. The number of ether oxygens (including phenoxy) is 2. The molecule has 0 unspecified atom stereocenters. The van der Waals surface area contributed by atoms with Crippen molar-refractivity contribution in [1.82, 2.24) is 19.0 Å². The molecule has 0 spiro atoms. The quantitative estimate of drug-likeness (QED) is 0.636. The largest absolute Gasteiger partial charge is 0.493 e. The highest BCUT2D eigenvalue weighted by Gasteiger charge is 2.34. The second-order valence-electron chi connectivity index (χ2n) is 7.47. The molecule has 1 aliphatic heterocycles. The average Bonchev–Trinajstić information content (AvgIpc) is 3.07. The molecule has 31 heavy (non-hydrogen) atoms. The molecule has 1 aliphatic rings. The SMILES string of the molecule is CCn1nc(C)c(S(=O)(=O)N2CCN(C(=O)Cc3ccc(OC)c(OC)c3)CC2)c1C. The number of carbonyl (C=O) groups is 1. The van der Waals surface area contributed by atoms with E-state index in [9.17, 15) is 13.2 Å². The van der Waals surface area contributed by atoms with Gasteiger partial charge in [-0.25, -0.2) is 8.42 Å². The van der Waals surface area contributed by atoms with Crippen LogP contribution in [0.2, 0.25) is 0 Å². The van der Waals surface area contributed by atoms with E-state index in [-0.39, 0.29) is 30.3 Å². The summed E-state index contributed by atoms with van der Waals surface area (Å²) in [7, 11) is -0.541. The maximum absolute atomic E-state index is 13.2. The summed E-state index contributed by atoms with van der Waals surface area (Å²) in [5.41, 5.74) is 1.97. The highest BCUT2D eigenvalue weighted by atomic mass is 32.2. The molecule has 0 N–H and O–H groups in total. The Bertz CT molecular complexity index is 1060. The molecule has 1 saturated heterocycles. The minimum absolute atomic E-state index is 0.0459. The van der Waals surface area contributed by atoms with E-state index < -0.39 is 10.0 Å². The Morgan fingerprint density at radius 1 is 1.06 bits per heavy atom. The first-order valence-corrected chi connectivity index (χ1v) is 11.7. The number of carbonyl (C=O) groups excluding carboxylic acids is 1. The van der Waals surface area contributed by atoms with E-state index in [0.29, 0.717) is 42.5 Å². The Hall–Kier alpha value is -2.59. The predicted octanol–water partition coefficient (Wildman–Crippen LogP) is 1.61. The third kappa shape index (κ3) is 4.54. The van der Waals surface area contributed by atoms with Gasteiger partial charge in [-0.05, 0) is 38.5 Å². The fourth-order valence-electron chi connectivity index (χ4n) is 3.95. The second kappa shape index (κ2) is 9.27. The molecule has 0 atom stereocenters. The van der Waals surface area contributed by atoms with Crippen LogP contribution < -0.4 is 9.47 Å². The Labute approximate surface area is 183 Å². The van der Waals surface area contributed by atoms with Gasteiger partial charge in [0, 0.05) is 32.7 Å². The van der Waals surface area contributed by atoms with Crippen LogP contribution in [0.3, 0.4) is 0 Å². The summed E-state index contributed by atoms with van der Waals surface area (Å²) in [6, 6.07) is 5.39. The molecule has 170 valence electrons. The minimum atomic E-state index is -3.66. The lowest BCUT2D eigenvalue weighted by Gasteiger charge is -2.34. The third-order valence-corrected chi connectivity index (χ3v) is 7.76. The maximum Gasteiger partial charge on any atom is 0.246 e. The Morgan fingerprint density at radius 2 is 1.71 bits per heavy atom. The summed E-state index contributed by atoms with van der Waals surface area (Å²) in [5, 5.41) is 4.33. The van der Waals surface area contributed by atoms with Gasteiger partial charge in [0.25, 0.3) is 0 Å². The van der Waals surface area contributed by atoms with Gasteiger partial charge < -0.3 is 14.4 Å². The van der Waals surface area contributed by atoms with Crippen molar-refractivity contribution in [2.24, 2.45) is 0 Å². The first-order chi connectivity index (χ1) is 14.7. The van der Waals surface area contributed by atoms with E-state index in [4.69, 9.17) is 9.47 Å². The molecule has 3 rings (SSSR count). The number of amides is 1. The fourth-order valence-corrected chi connectivity index (χ4v) is 5.74. The van der Waals surface area contributed by atoms with E-state index in [1.54, 1.807) is 49.8 Å². The standard InChI is InChI=1S/C21H30N4O5S/c1-6-25-16(3)21(15(2)22-25)31(27,28)24-11-9-23(10-12-24)20(26)14-17-7-8-18(29-4)19(13-17)30-5/h7-8,13H,6,9-12,14H2,1-5H3. The van der Waals surface area contributed by atoms with Crippen molar-refractivity contribution in [1.29, 1.82) is 0 Å². The highest BCUT2D eigenvalue weighted by Crippen LogP contribution is 2.28. The number of aryl methyl sites for hydroxylation is 2. The maximum atomic E-state index is 13.2. The smallest absolute Gasteiger partial charge is 0.246 e. The molecule has 0 saturated carbocycles. The van der Waals surface area contributed by atoms with Gasteiger partial charge in [0.05, 0.1) is 32.0 Å². The summed E-state index contributed by atoms with van der Waals surface area (Å²) in [5.74, 6) is 1.13. The van der Waals surface area contributed by atoms with Crippen molar-refractivity contribution in [2.75, 3.05) is 40.4 Å². The monoisotopic (exact) mass is 450 g/mol. The van der Waals surface area contributed by atoms with Crippen LogP contribution in [0.5, 0.6) is 11.5 Å². The first-order valence-electron chi connectivity index (χ1n) is 10.3. The number of aromatic nitrogens is 2. The number of hydrogen-bond donors (Lipinski definition) is 0. The lowest BCUT2D eigenvalue weighted by molar-refractivity contribution is -0.131. The Kier molecular flexibility index (Phi) is 6.90. The molecule has 1 aromatic heterocycles. The van der Waals surface area contributed by atoms with Gasteiger partial charge in [-0.1, -0.05) is 6.07 Å². The molecular formula is C21H30N4O5S. The minimum Gasteiger partial charge on any atom is -0.493 e. The van der Waals surface area contributed by atoms with E-state index in [0.717, 1.165) is 5.56 Å². The molecule has 0 radical (unpaired) electrons. The van der Waals surface area contributed by atoms with Crippen molar-refractivity contribution in [3.05, 3.63) is 35.2 Å². The van der Waals surface area contributed by atoms with Crippen LogP contribution in [0.1, 0.15) is 23.9 Å². The molecule has 2 aromatic rings. The summed E-state index contributed by atoms with van der Waals surface area (Å²) in [6.45, 7) is 7.26. The molecule has 1 amide bonds. The Balaban J connectivity index is 1.66. The number of methoxy groups -OCH3 is 2. The zero-order valence-corrected chi connectivity index (χ0v) is 19.5. The number of rotatable bonds is 7. The van der Waals surface area contributed by atoms with E-state index in [2.05, 4.69) is 5.10 Å². The van der Waals surface area contributed by atoms with E-state index >= 15 is 0 Å².